The minimum atomic E-state index is -4.81. The number of hydrogen-bond donors (Lipinski definition) is 5. The summed E-state index contributed by atoms with van der Waals surface area (Å²) in [6, 6.07) is 27.4. The minimum absolute atomic E-state index is 0.00384. The highest BCUT2D eigenvalue weighted by atomic mass is 35.5. The molecule has 0 bridgehead atoms. The van der Waals surface area contributed by atoms with Gasteiger partial charge in [-0.3, -0.25) is 24.0 Å². The molecule has 0 aliphatic carbocycles. The van der Waals surface area contributed by atoms with Gasteiger partial charge in [-0.15, -0.1) is 0 Å². The van der Waals surface area contributed by atoms with E-state index in [0.29, 0.717) is 133 Å². The van der Waals surface area contributed by atoms with Crippen molar-refractivity contribution in [2.24, 2.45) is 29.6 Å². The maximum Gasteiger partial charge on any atom is 0.419 e. The monoisotopic (exact) mass is 1750 g/mol. The standard InChI is InChI=1S/C19H18ClFN2O3.C15H18ClFN2O3.C14H18ClFN2O3S.C14H16F4N2O3S.C13H16ClFN2O3S/c20-16-9-8-14(11-17(16)21)22-18(24)13-5-4-10-23(12-13)19(25)26-15-6-2-1-3-7-15;1-2-22-15(21)19-7-3-4-10(9-19)14(20)18-11-5-6-12(16)13(17)8-11;1-2-22(20,21)18-8-4-5-10(9-18)14(19)17-12-7-3-6-11(16)13(12)15;1-24(22,23)20-6-2-3-9(8-20)13(21)19-10-4-5-11(12(15)7-10)14(16,17)18;1-21(19,20)17-7-3-4-9(8-17)13(18)16-11-6-2-5-10(15)12(11)14/h1-3,6-9,11,13H,4-5,10,12H2,(H,22,24);5-6,8,10H,2-4,7,9H2,1H3,(H,18,20);3,6-7,10H,2,4-5,8-9H2,1H3,(H,17,19);4-5,7,9H,2-3,6,8H2,1H3,(H,19,21);2,5-6,9H,3-4,7-8H2,1H3,(H,16,18)/t13-;2*10-;2*9-/m00000/s1. The number of sulfonamides is 3. The molecular formula is C75H86Cl4F8N10O15S3. The number of piperidine rings is 5. The number of rotatable bonds is 16. The number of nitrogens with one attached hydrogen (secondary N) is 5. The van der Waals surface area contributed by atoms with Crippen LogP contribution in [-0.4, -0.2) is 180 Å². The van der Waals surface area contributed by atoms with Gasteiger partial charge in [0.05, 0.1) is 91.5 Å². The SMILES string of the molecule is CCOC(=O)N1CCC[C@H](C(=O)Nc2ccc(Cl)c(F)c2)C1.CCS(=O)(=O)N1CCC[C@H](C(=O)Nc2cccc(F)c2Cl)C1.CS(=O)(=O)N1CCC[C@H](C(=O)Nc2ccc(C(F)(F)F)c(F)c2)C1.CS(=O)(=O)N1CCC[C@H](C(=O)Nc2cccc(F)c2Cl)C1.O=C(Nc1ccc(Cl)c(F)c1)[C@H]1CCCN(C(=O)Oc2ccccc2)C1. The molecule has 25 nitrogen and oxygen atoms in total. The summed E-state index contributed by atoms with van der Waals surface area (Å²) in [6.45, 7) is 6.74. The Kier molecular flexibility index (Phi) is 35.1. The summed E-state index contributed by atoms with van der Waals surface area (Å²) < 4.78 is 189. The molecule has 0 unspecified atom stereocenters. The van der Waals surface area contributed by atoms with E-state index in [4.69, 9.17) is 55.9 Å². The number of anilines is 5. The van der Waals surface area contributed by atoms with Gasteiger partial charge in [0, 0.05) is 82.5 Å². The summed E-state index contributed by atoms with van der Waals surface area (Å²) >= 11 is 22.8. The number of para-hydroxylation sites is 1. The van der Waals surface area contributed by atoms with Gasteiger partial charge in [-0.2, -0.15) is 13.2 Å². The zero-order chi connectivity index (χ0) is 84.7. The van der Waals surface area contributed by atoms with Crippen LogP contribution >= 0.6 is 46.4 Å². The van der Waals surface area contributed by atoms with E-state index >= 15 is 0 Å². The van der Waals surface area contributed by atoms with E-state index in [2.05, 4.69) is 26.6 Å². The lowest BCUT2D eigenvalue weighted by atomic mass is 9.97. The Morgan fingerprint density at radius 1 is 0.426 bits per heavy atom. The first-order valence-electron chi connectivity index (χ1n) is 36.2. The molecule has 40 heteroatoms. The molecule has 7 amide bonds. The summed E-state index contributed by atoms with van der Waals surface area (Å²) in [7, 11) is -10.0. The number of nitrogens with zero attached hydrogens (tertiary/aromatic N) is 5. The van der Waals surface area contributed by atoms with Crippen molar-refractivity contribution in [3.05, 3.63) is 176 Å². The molecule has 11 rings (SSSR count). The van der Waals surface area contributed by atoms with Crippen LogP contribution in [0.15, 0.2) is 121 Å². The zero-order valence-electron chi connectivity index (χ0n) is 62.6. The van der Waals surface area contributed by atoms with Crippen molar-refractivity contribution in [1.82, 2.24) is 22.7 Å². The average Bonchev–Trinajstić information content (AvgIpc) is 0.828. The summed E-state index contributed by atoms with van der Waals surface area (Å²) in [5.74, 6) is -7.46. The Morgan fingerprint density at radius 3 is 1.16 bits per heavy atom. The van der Waals surface area contributed by atoms with Crippen LogP contribution in [0.25, 0.3) is 0 Å². The van der Waals surface area contributed by atoms with Crippen LogP contribution in [0.4, 0.5) is 73.1 Å². The smallest absolute Gasteiger partial charge is 0.419 e. The largest absolute Gasteiger partial charge is 0.450 e. The van der Waals surface area contributed by atoms with Gasteiger partial charge in [-0.05, 0) is 169 Å². The fraction of sp³-hybridized carbons (Fsp3) is 0.427. The second-order valence-electron chi connectivity index (χ2n) is 27.1. The lowest BCUT2D eigenvalue weighted by Gasteiger charge is -2.31. The molecule has 5 N–H and O–H groups in total. The first-order chi connectivity index (χ1) is 54.1. The number of alkyl halides is 3. The van der Waals surface area contributed by atoms with Crippen LogP contribution in [0.2, 0.25) is 20.1 Å². The van der Waals surface area contributed by atoms with Crippen LogP contribution in [0.5, 0.6) is 5.75 Å². The molecular weight excluding hydrogens is 1670 g/mol. The number of halogens is 12. The molecule has 0 radical (unpaired) electrons. The van der Waals surface area contributed by atoms with Gasteiger partial charge in [-0.25, -0.2) is 69.7 Å². The fourth-order valence-electron chi connectivity index (χ4n) is 12.5. The third kappa shape index (κ3) is 28.7. The van der Waals surface area contributed by atoms with Gasteiger partial charge in [0.2, 0.25) is 59.6 Å². The predicted molar refractivity (Wildman–Crippen MR) is 420 cm³/mol. The van der Waals surface area contributed by atoms with Gasteiger partial charge in [-0.1, -0.05) is 76.7 Å². The molecule has 5 heterocycles. The van der Waals surface area contributed by atoms with E-state index in [1.165, 1.54) is 95.5 Å². The molecule has 6 aromatic carbocycles. The number of carbonyl (C=O) groups excluding carboxylic acids is 7. The molecule has 5 fully saturated rings. The minimum Gasteiger partial charge on any atom is -0.450 e. The van der Waals surface area contributed by atoms with Crippen molar-refractivity contribution in [3.8, 4) is 5.75 Å². The van der Waals surface area contributed by atoms with Crippen molar-refractivity contribution in [3.63, 3.8) is 0 Å². The zero-order valence-corrected chi connectivity index (χ0v) is 68.1. The van der Waals surface area contributed by atoms with Crippen LogP contribution in [0.3, 0.4) is 0 Å². The number of hydrogen-bond acceptors (Lipinski definition) is 15. The van der Waals surface area contributed by atoms with Crippen LogP contribution < -0.4 is 31.3 Å². The molecule has 115 heavy (non-hydrogen) atoms. The Balaban J connectivity index is 0.000000199. The third-order valence-electron chi connectivity index (χ3n) is 18.6. The summed E-state index contributed by atoms with van der Waals surface area (Å²) in [5.41, 5.74) is -0.454. The van der Waals surface area contributed by atoms with Crippen LogP contribution in [0.1, 0.15) is 83.6 Å². The summed E-state index contributed by atoms with van der Waals surface area (Å²) in [5, 5.41) is 12.5. The predicted octanol–water partition coefficient (Wildman–Crippen LogP) is 14.6. The van der Waals surface area contributed by atoms with E-state index in [1.807, 2.05) is 6.07 Å². The number of amides is 7. The van der Waals surface area contributed by atoms with E-state index in [-0.39, 0.29) is 105 Å². The van der Waals surface area contributed by atoms with Crippen molar-refractivity contribution in [1.29, 1.82) is 0 Å². The van der Waals surface area contributed by atoms with Crippen molar-refractivity contribution in [2.45, 2.75) is 84.2 Å². The topological polar surface area (TPSA) is 317 Å². The summed E-state index contributed by atoms with van der Waals surface area (Å²) in [4.78, 5) is 88.4. The van der Waals surface area contributed by atoms with E-state index < -0.39 is 107 Å². The average molecular weight is 1760 g/mol. The first kappa shape index (κ1) is 93.7. The Labute approximate surface area is 681 Å². The highest BCUT2D eigenvalue weighted by molar-refractivity contribution is 7.89. The Hall–Kier alpha value is -8.46. The number of carbonyl (C=O) groups is 7. The molecule has 5 saturated heterocycles. The van der Waals surface area contributed by atoms with Gasteiger partial charge in [0.25, 0.3) is 0 Å². The normalized spacial score (nSPS) is 18.9. The van der Waals surface area contributed by atoms with E-state index in [0.717, 1.165) is 25.0 Å². The Morgan fingerprint density at radius 2 is 0.783 bits per heavy atom. The lowest BCUT2D eigenvalue weighted by Crippen LogP contribution is -2.44. The van der Waals surface area contributed by atoms with E-state index in [1.54, 1.807) is 38.1 Å². The van der Waals surface area contributed by atoms with Crippen LogP contribution in [-0.2, 0) is 65.0 Å². The number of likely N-dealkylation sites (tertiary alicyclic amines) is 2. The van der Waals surface area contributed by atoms with Crippen molar-refractivity contribution < 1.29 is 103 Å². The third-order valence-corrected chi connectivity index (χ3v) is 24.4. The molecule has 5 atom stereocenters. The molecule has 0 spiro atoms. The van der Waals surface area contributed by atoms with Crippen molar-refractivity contribution >= 4 is 147 Å². The second-order valence-corrected chi connectivity index (χ2v) is 34.9. The molecule has 6 aromatic rings. The second kappa shape index (κ2) is 43.1. The van der Waals surface area contributed by atoms with E-state index in [9.17, 15) is 93.9 Å². The van der Waals surface area contributed by atoms with Gasteiger partial charge >= 0.3 is 18.4 Å². The quantitative estimate of drug-likeness (QED) is 0.0562. The van der Waals surface area contributed by atoms with Gasteiger partial charge < -0.3 is 45.9 Å². The highest BCUT2D eigenvalue weighted by Gasteiger charge is 2.38. The van der Waals surface area contributed by atoms with Crippen LogP contribution in [0, 0.1) is 58.7 Å². The van der Waals surface area contributed by atoms with Gasteiger partial charge in [0.15, 0.2) is 0 Å². The molecule has 0 aromatic heterocycles. The fourth-order valence-corrected chi connectivity index (χ4v) is 16.0. The molecule has 5 aliphatic heterocycles. The number of ether oxygens (including phenoxy) is 2. The number of benzene rings is 6. The van der Waals surface area contributed by atoms with Gasteiger partial charge in [0.1, 0.15) is 34.8 Å². The summed E-state index contributed by atoms with van der Waals surface area (Å²) in [6.07, 6.45) is 2.56. The lowest BCUT2D eigenvalue weighted by molar-refractivity contribution is -0.140. The molecule has 628 valence electrons. The first-order valence-corrected chi connectivity index (χ1v) is 43.0. The van der Waals surface area contributed by atoms with Crippen molar-refractivity contribution in [2.75, 3.05) is 117 Å². The molecule has 0 saturated carbocycles. The highest BCUT2D eigenvalue weighted by Crippen LogP contribution is 2.35. The maximum absolute atomic E-state index is 13.5. The maximum atomic E-state index is 13.5. The molecule has 5 aliphatic rings. The Bertz CT molecular complexity index is 4790.